The Morgan fingerprint density at radius 2 is 2.00 bits per heavy atom. The minimum absolute atomic E-state index is 0.695. The Morgan fingerprint density at radius 3 is 2.89 bits per heavy atom. The minimum atomic E-state index is 0.695. The highest BCUT2D eigenvalue weighted by Crippen LogP contribution is 2.18. The van der Waals surface area contributed by atoms with Crippen LogP contribution in [0.3, 0.4) is 0 Å². The summed E-state index contributed by atoms with van der Waals surface area (Å²) in [5.41, 5.74) is 3.53. The van der Waals surface area contributed by atoms with E-state index in [1.807, 2.05) is 30.5 Å². The molecule has 3 nitrogen and oxygen atoms in total. The van der Waals surface area contributed by atoms with Crippen molar-refractivity contribution in [3.63, 3.8) is 0 Å². The third-order valence-electron chi connectivity index (χ3n) is 3.42. The molecular weight excluding hydrogens is 258 g/mol. The van der Waals surface area contributed by atoms with Crippen LogP contribution in [0.15, 0.2) is 30.5 Å². The number of aromatic nitrogens is 2. The molecule has 4 heteroatoms. The van der Waals surface area contributed by atoms with Crippen LogP contribution in [0, 0.1) is 0 Å². The third-order valence-corrected chi connectivity index (χ3v) is 3.79. The second kappa shape index (κ2) is 5.68. The summed E-state index contributed by atoms with van der Waals surface area (Å²) in [4.78, 5) is 9.17. The highest BCUT2D eigenvalue weighted by Gasteiger charge is 2.11. The maximum Gasteiger partial charge on any atom is 0.132 e. The van der Waals surface area contributed by atoms with Crippen molar-refractivity contribution < 1.29 is 0 Å². The molecule has 0 unspecified atom stereocenters. The van der Waals surface area contributed by atoms with Gasteiger partial charge < -0.3 is 5.32 Å². The van der Waals surface area contributed by atoms with Crippen molar-refractivity contribution in [2.24, 2.45) is 0 Å². The van der Waals surface area contributed by atoms with Gasteiger partial charge in [-0.05, 0) is 30.2 Å². The van der Waals surface area contributed by atoms with Crippen LogP contribution >= 0.6 is 11.6 Å². The largest absolute Gasteiger partial charge is 0.316 e. The Balaban J connectivity index is 1.86. The quantitative estimate of drug-likeness (QED) is 0.913. The molecule has 1 aliphatic rings. The molecule has 1 aromatic heterocycles. The van der Waals surface area contributed by atoms with Crippen LogP contribution in [-0.4, -0.2) is 23.1 Å². The first-order valence-electron chi connectivity index (χ1n) is 6.61. The molecule has 3 rings (SSSR count). The summed E-state index contributed by atoms with van der Waals surface area (Å²) in [6.45, 7) is 2.01. The van der Waals surface area contributed by atoms with E-state index >= 15 is 0 Å². The SMILES string of the molecule is Clc1ccccc1Cc1ncc2c(n1)CCNCC2. The van der Waals surface area contributed by atoms with Crippen LogP contribution in [0.2, 0.25) is 5.02 Å². The Labute approximate surface area is 118 Å². The molecule has 2 heterocycles. The number of nitrogens with one attached hydrogen (secondary N) is 1. The smallest absolute Gasteiger partial charge is 0.132 e. The molecule has 0 atom stereocenters. The van der Waals surface area contributed by atoms with Gasteiger partial charge in [-0.3, -0.25) is 0 Å². The molecule has 2 aromatic rings. The highest BCUT2D eigenvalue weighted by atomic mass is 35.5. The summed E-state index contributed by atoms with van der Waals surface area (Å²) in [5.74, 6) is 0.855. The van der Waals surface area contributed by atoms with Gasteiger partial charge in [0.05, 0.1) is 0 Å². The number of hydrogen-bond donors (Lipinski definition) is 1. The van der Waals surface area contributed by atoms with Crippen molar-refractivity contribution in [3.05, 3.63) is 58.1 Å². The maximum absolute atomic E-state index is 6.18. The van der Waals surface area contributed by atoms with Gasteiger partial charge >= 0.3 is 0 Å². The molecule has 0 spiro atoms. The lowest BCUT2D eigenvalue weighted by Gasteiger charge is -2.07. The fourth-order valence-electron chi connectivity index (χ4n) is 2.36. The van der Waals surface area contributed by atoms with E-state index in [1.54, 1.807) is 0 Å². The zero-order valence-corrected chi connectivity index (χ0v) is 11.5. The minimum Gasteiger partial charge on any atom is -0.316 e. The molecule has 0 saturated heterocycles. The molecular formula is C15H16ClN3. The number of fused-ring (bicyclic) bond motifs is 1. The van der Waals surface area contributed by atoms with Crippen molar-refractivity contribution in [3.8, 4) is 0 Å². The zero-order valence-electron chi connectivity index (χ0n) is 10.7. The van der Waals surface area contributed by atoms with E-state index in [9.17, 15) is 0 Å². The summed E-state index contributed by atoms with van der Waals surface area (Å²) in [5, 5.41) is 4.16. The molecule has 98 valence electrons. The Hall–Kier alpha value is -1.45. The van der Waals surface area contributed by atoms with Crippen LogP contribution in [-0.2, 0) is 19.3 Å². The molecule has 19 heavy (non-hydrogen) atoms. The maximum atomic E-state index is 6.18. The van der Waals surface area contributed by atoms with Gasteiger partial charge in [-0.25, -0.2) is 9.97 Å². The van der Waals surface area contributed by atoms with Crippen molar-refractivity contribution in [1.82, 2.24) is 15.3 Å². The monoisotopic (exact) mass is 273 g/mol. The standard InChI is InChI=1S/C15H16ClN3/c16-13-4-2-1-3-11(13)9-15-18-10-12-5-7-17-8-6-14(12)19-15/h1-4,10,17H,5-9H2. The Kier molecular flexibility index (Phi) is 3.76. The van der Waals surface area contributed by atoms with E-state index in [2.05, 4.69) is 10.3 Å². The van der Waals surface area contributed by atoms with Gasteiger partial charge in [0.25, 0.3) is 0 Å². The summed E-state index contributed by atoms with van der Waals surface area (Å²) >= 11 is 6.18. The molecule has 0 amide bonds. The lowest BCUT2D eigenvalue weighted by Crippen LogP contribution is -2.16. The fourth-order valence-corrected chi connectivity index (χ4v) is 2.56. The molecule has 1 aromatic carbocycles. The number of nitrogens with zero attached hydrogens (tertiary/aromatic N) is 2. The zero-order chi connectivity index (χ0) is 13.1. The van der Waals surface area contributed by atoms with E-state index in [4.69, 9.17) is 16.6 Å². The number of rotatable bonds is 2. The van der Waals surface area contributed by atoms with Crippen LogP contribution in [0.1, 0.15) is 22.6 Å². The first-order chi connectivity index (χ1) is 9.33. The number of benzene rings is 1. The topological polar surface area (TPSA) is 37.8 Å². The average Bonchev–Trinajstić information content (AvgIpc) is 2.66. The molecule has 0 saturated carbocycles. The Morgan fingerprint density at radius 1 is 1.16 bits per heavy atom. The predicted octanol–water partition coefficient (Wildman–Crippen LogP) is 2.41. The van der Waals surface area contributed by atoms with Crippen LogP contribution in [0.4, 0.5) is 0 Å². The average molecular weight is 274 g/mol. The van der Waals surface area contributed by atoms with Gasteiger partial charge in [0.15, 0.2) is 0 Å². The van der Waals surface area contributed by atoms with E-state index in [0.29, 0.717) is 6.42 Å². The fraction of sp³-hybridized carbons (Fsp3) is 0.333. The molecule has 1 N–H and O–H groups in total. The van der Waals surface area contributed by atoms with Gasteiger partial charge in [-0.15, -0.1) is 0 Å². The number of halogens is 1. The first kappa shape index (κ1) is 12.6. The van der Waals surface area contributed by atoms with E-state index < -0.39 is 0 Å². The summed E-state index contributed by atoms with van der Waals surface area (Å²) < 4.78 is 0. The number of hydrogen-bond acceptors (Lipinski definition) is 3. The van der Waals surface area contributed by atoms with Gasteiger partial charge in [0.1, 0.15) is 5.82 Å². The van der Waals surface area contributed by atoms with E-state index in [-0.39, 0.29) is 0 Å². The van der Waals surface area contributed by atoms with Crippen molar-refractivity contribution >= 4 is 11.6 Å². The van der Waals surface area contributed by atoms with Gasteiger partial charge in [-0.2, -0.15) is 0 Å². The molecule has 0 fully saturated rings. The summed E-state index contributed by atoms with van der Waals surface area (Å²) in [6.07, 6.45) is 4.66. The second-order valence-corrected chi connectivity index (χ2v) is 5.18. The van der Waals surface area contributed by atoms with E-state index in [1.165, 1.54) is 11.3 Å². The third kappa shape index (κ3) is 2.94. The van der Waals surface area contributed by atoms with Crippen LogP contribution < -0.4 is 5.32 Å². The van der Waals surface area contributed by atoms with E-state index in [0.717, 1.165) is 42.3 Å². The predicted molar refractivity (Wildman–Crippen MR) is 76.6 cm³/mol. The normalized spacial score (nSPS) is 14.8. The molecule has 1 aliphatic heterocycles. The lowest BCUT2D eigenvalue weighted by molar-refractivity contribution is 0.708. The molecule has 0 aliphatic carbocycles. The van der Waals surface area contributed by atoms with Crippen molar-refractivity contribution in [2.75, 3.05) is 13.1 Å². The second-order valence-electron chi connectivity index (χ2n) is 4.78. The lowest BCUT2D eigenvalue weighted by atomic mass is 10.1. The van der Waals surface area contributed by atoms with Gasteiger partial charge in [-0.1, -0.05) is 29.8 Å². The Bertz CT molecular complexity index is 583. The van der Waals surface area contributed by atoms with Crippen molar-refractivity contribution in [1.29, 1.82) is 0 Å². The molecule has 0 radical (unpaired) electrons. The van der Waals surface area contributed by atoms with Gasteiger partial charge in [0.2, 0.25) is 0 Å². The highest BCUT2D eigenvalue weighted by molar-refractivity contribution is 6.31. The van der Waals surface area contributed by atoms with Crippen LogP contribution in [0.5, 0.6) is 0 Å². The summed E-state index contributed by atoms with van der Waals surface area (Å²) in [6, 6.07) is 7.87. The van der Waals surface area contributed by atoms with Crippen LogP contribution in [0.25, 0.3) is 0 Å². The van der Waals surface area contributed by atoms with Gasteiger partial charge in [0, 0.05) is 36.3 Å². The van der Waals surface area contributed by atoms with Crippen molar-refractivity contribution in [2.45, 2.75) is 19.3 Å². The summed E-state index contributed by atoms with van der Waals surface area (Å²) in [7, 11) is 0. The molecule has 0 bridgehead atoms. The first-order valence-corrected chi connectivity index (χ1v) is 6.98.